The lowest BCUT2D eigenvalue weighted by molar-refractivity contribution is 0.519. The van der Waals surface area contributed by atoms with Gasteiger partial charge < -0.3 is 5.73 Å². The van der Waals surface area contributed by atoms with E-state index in [0.717, 1.165) is 25.7 Å². The maximum absolute atomic E-state index is 11.6. The first kappa shape index (κ1) is 11.9. The zero-order valence-electron chi connectivity index (χ0n) is 8.70. The summed E-state index contributed by atoms with van der Waals surface area (Å²) >= 11 is 0. The number of nitrogens with two attached hydrogens (primary N) is 1. The lowest BCUT2D eigenvalue weighted by Gasteiger charge is -2.15. The summed E-state index contributed by atoms with van der Waals surface area (Å²) in [6.45, 7) is 2.50. The molecule has 0 saturated heterocycles. The SMILES string of the molecule is CCC(CCN)NS(=O)(=O)CC1CC1. The minimum Gasteiger partial charge on any atom is -0.330 e. The third-order valence-corrected chi connectivity index (χ3v) is 4.11. The van der Waals surface area contributed by atoms with Crippen LogP contribution in [0.5, 0.6) is 0 Å². The molecule has 1 rings (SSSR count). The van der Waals surface area contributed by atoms with Crippen LogP contribution < -0.4 is 10.5 Å². The van der Waals surface area contributed by atoms with Crippen molar-refractivity contribution in [1.29, 1.82) is 0 Å². The molecule has 0 aliphatic heterocycles. The zero-order valence-corrected chi connectivity index (χ0v) is 9.52. The quantitative estimate of drug-likeness (QED) is 0.654. The molecule has 0 aromatic rings. The maximum atomic E-state index is 11.6. The Morgan fingerprint density at radius 2 is 2.14 bits per heavy atom. The highest BCUT2D eigenvalue weighted by molar-refractivity contribution is 7.89. The van der Waals surface area contributed by atoms with Crippen LogP contribution in [-0.2, 0) is 10.0 Å². The summed E-state index contributed by atoms with van der Waals surface area (Å²) in [5.74, 6) is 0.705. The molecule has 5 heteroatoms. The first-order valence-electron chi connectivity index (χ1n) is 5.27. The van der Waals surface area contributed by atoms with Gasteiger partial charge in [0.25, 0.3) is 0 Å². The van der Waals surface area contributed by atoms with Crippen molar-refractivity contribution >= 4 is 10.0 Å². The topological polar surface area (TPSA) is 72.2 Å². The molecule has 3 N–H and O–H groups in total. The second-order valence-corrected chi connectivity index (χ2v) is 5.82. The maximum Gasteiger partial charge on any atom is 0.212 e. The van der Waals surface area contributed by atoms with Crippen molar-refractivity contribution in [3.8, 4) is 0 Å². The molecule has 0 amide bonds. The molecule has 1 fully saturated rings. The Hall–Kier alpha value is -0.130. The van der Waals surface area contributed by atoms with Gasteiger partial charge in [-0.25, -0.2) is 13.1 Å². The summed E-state index contributed by atoms with van der Waals surface area (Å²) in [6, 6.07) is 0.0174. The first-order chi connectivity index (χ1) is 6.57. The van der Waals surface area contributed by atoms with Gasteiger partial charge in [0.2, 0.25) is 10.0 Å². The largest absolute Gasteiger partial charge is 0.330 e. The van der Waals surface area contributed by atoms with Gasteiger partial charge in [-0.05, 0) is 38.1 Å². The van der Waals surface area contributed by atoms with E-state index in [-0.39, 0.29) is 6.04 Å². The molecule has 1 aliphatic carbocycles. The second kappa shape index (κ2) is 5.09. The van der Waals surface area contributed by atoms with Crippen molar-refractivity contribution in [1.82, 2.24) is 4.72 Å². The van der Waals surface area contributed by atoms with E-state index in [1.807, 2.05) is 6.92 Å². The predicted molar refractivity (Wildman–Crippen MR) is 57.4 cm³/mol. The number of rotatable bonds is 7. The predicted octanol–water partition coefficient (Wildman–Crippen LogP) is 0.443. The Morgan fingerprint density at radius 1 is 1.50 bits per heavy atom. The summed E-state index contributed by atoms with van der Waals surface area (Å²) in [7, 11) is -3.06. The van der Waals surface area contributed by atoms with E-state index >= 15 is 0 Å². The molecule has 0 aromatic carbocycles. The van der Waals surface area contributed by atoms with Crippen LogP contribution in [0, 0.1) is 5.92 Å². The van der Waals surface area contributed by atoms with Crippen molar-refractivity contribution in [2.24, 2.45) is 11.7 Å². The normalized spacial score (nSPS) is 19.6. The highest BCUT2D eigenvalue weighted by atomic mass is 32.2. The van der Waals surface area contributed by atoms with Gasteiger partial charge in [0.1, 0.15) is 0 Å². The average molecular weight is 220 g/mol. The Labute approximate surface area is 86.3 Å². The molecule has 84 valence electrons. The average Bonchev–Trinajstić information content (AvgIpc) is 2.86. The van der Waals surface area contributed by atoms with E-state index in [1.54, 1.807) is 0 Å². The summed E-state index contributed by atoms with van der Waals surface area (Å²) in [4.78, 5) is 0. The van der Waals surface area contributed by atoms with Crippen LogP contribution in [-0.4, -0.2) is 26.8 Å². The highest BCUT2D eigenvalue weighted by Gasteiger charge is 2.28. The van der Waals surface area contributed by atoms with Gasteiger partial charge in [-0.3, -0.25) is 0 Å². The summed E-state index contributed by atoms with van der Waals surface area (Å²) < 4.78 is 25.9. The molecule has 0 bridgehead atoms. The number of nitrogens with one attached hydrogen (secondary N) is 1. The van der Waals surface area contributed by atoms with E-state index in [2.05, 4.69) is 4.72 Å². The Kier molecular flexibility index (Phi) is 4.34. The minimum absolute atomic E-state index is 0.0174. The fraction of sp³-hybridized carbons (Fsp3) is 1.00. The fourth-order valence-corrected chi connectivity index (χ4v) is 3.29. The van der Waals surface area contributed by atoms with Gasteiger partial charge in [-0.2, -0.15) is 0 Å². The molecule has 1 saturated carbocycles. The molecule has 0 aromatic heterocycles. The van der Waals surface area contributed by atoms with Crippen LogP contribution >= 0.6 is 0 Å². The standard InChI is InChI=1S/C9H20N2O2S/c1-2-9(5-6-10)11-14(12,13)7-8-3-4-8/h8-9,11H,2-7,10H2,1H3. The molecule has 1 unspecified atom stereocenters. The van der Waals surface area contributed by atoms with Crippen LogP contribution in [0.25, 0.3) is 0 Å². The van der Waals surface area contributed by atoms with Crippen molar-refractivity contribution in [2.45, 2.75) is 38.6 Å². The number of hydrogen-bond donors (Lipinski definition) is 2. The highest BCUT2D eigenvalue weighted by Crippen LogP contribution is 2.30. The first-order valence-corrected chi connectivity index (χ1v) is 6.92. The fourth-order valence-electron chi connectivity index (χ4n) is 1.44. The van der Waals surface area contributed by atoms with Gasteiger partial charge >= 0.3 is 0 Å². The molecule has 1 aliphatic rings. The zero-order chi connectivity index (χ0) is 10.6. The van der Waals surface area contributed by atoms with Crippen LogP contribution in [0.1, 0.15) is 32.6 Å². The number of sulfonamides is 1. The summed E-state index contributed by atoms with van der Waals surface area (Å²) in [5.41, 5.74) is 5.40. The summed E-state index contributed by atoms with van der Waals surface area (Å²) in [6.07, 6.45) is 3.66. The van der Waals surface area contributed by atoms with Crippen LogP contribution in [0.15, 0.2) is 0 Å². The molecule has 4 nitrogen and oxygen atoms in total. The van der Waals surface area contributed by atoms with E-state index in [4.69, 9.17) is 5.73 Å². The molecular formula is C9H20N2O2S. The molecule has 0 spiro atoms. The van der Waals surface area contributed by atoms with E-state index in [9.17, 15) is 8.42 Å². The van der Waals surface area contributed by atoms with E-state index in [1.165, 1.54) is 0 Å². The van der Waals surface area contributed by atoms with Crippen molar-refractivity contribution in [3.05, 3.63) is 0 Å². The monoisotopic (exact) mass is 220 g/mol. The third-order valence-electron chi connectivity index (χ3n) is 2.51. The van der Waals surface area contributed by atoms with E-state index in [0.29, 0.717) is 18.2 Å². The smallest absolute Gasteiger partial charge is 0.212 e. The number of hydrogen-bond acceptors (Lipinski definition) is 3. The lowest BCUT2D eigenvalue weighted by Crippen LogP contribution is -2.37. The van der Waals surface area contributed by atoms with Gasteiger partial charge in [0.15, 0.2) is 0 Å². The molecule has 0 radical (unpaired) electrons. The second-order valence-electron chi connectivity index (χ2n) is 4.03. The molecule has 0 heterocycles. The Bertz CT molecular complexity index is 260. The van der Waals surface area contributed by atoms with Gasteiger partial charge in [0, 0.05) is 6.04 Å². The van der Waals surface area contributed by atoms with Gasteiger partial charge in [-0.1, -0.05) is 6.92 Å². The van der Waals surface area contributed by atoms with Gasteiger partial charge in [0.05, 0.1) is 5.75 Å². The molecular weight excluding hydrogens is 200 g/mol. The summed E-state index contributed by atoms with van der Waals surface area (Å²) in [5, 5.41) is 0. The Balaban J connectivity index is 2.38. The van der Waals surface area contributed by atoms with Crippen LogP contribution in [0.4, 0.5) is 0 Å². The van der Waals surface area contributed by atoms with Crippen molar-refractivity contribution in [2.75, 3.05) is 12.3 Å². The Morgan fingerprint density at radius 3 is 2.57 bits per heavy atom. The molecule has 14 heavy (non-hydrogen) atoms. The third kappa shape index (κ3) is 4.39. The van der Waals surface area contributed by atoms with Crippen molar-refractivity contribution in [3.63, 3.8) is 0 Å². The van der Waals surface area contributed by atoms with Gasteiger partial charge in [-0.15, -0.1) is 0 Å². The van der Waals surface area contributed by atoms with E-state index < -0.39 is 10.0 Å². The molecule has 1 atom stereocenters. The minimum atomic E-state index is -3.06. The van der Waals surface area contributed by atoms with Crippen LogP contribution in [0.3, 0.4) is 0 Å². The van der Waals surface area contributed by atoms with Crippen LogP contribution in [0.2, 0.25) is 0 Å². The van der Waals surface area contributed by atoms with Crippen molar-refractivity contribution < 1.29 is 8.42 Å². The lowest BCUT2D eigenvalue weighted by atomic mass is 10.2.